The molecule has 2 aliphatic heterocycles. The summed E-state index contributed by atoms with van der Waals surface area (Å²) in [6.07, 6.45) is 1.11. The lowest BCUT2D eigenvalue weighted by molar-refractivity contribution is -0.123. The minimum Gasteiger partial charge on any atom is -0.454 e. The first kappa shape index (κ1) is 21.2. The summed E-state index contributed by atoms with van der Waals surface area (Å²) in [7, 11) is 0. The van der Waals surface area contributed by atoms with Crippen LogP contribution in [0.4, 0.5) is 0 Å². The maximum absolute atomic E-state index is 13.2. The van der Waals surface area contributed by atoms with Gasteiger partial charge in [0, 0.05) is 24.6 Å². The van der Waals surface area contributed by atoms with Crippen LogP contribution in [0.5, 0.6) is 11.5 Å². The normalized spacial score (nSPS) is 15.7. The van der Waals surface area contributed by atoms with Crippen molar-refractivity contribution in [1.29, 1.82) is 0 Å². The molecule has 1 saturated heterocycles. The molecule has 3 aromatic rings. The average Bonchev–Trinajstić information content (AvgIpc) is 3.29. The number of nitrogens with zero attached hydrogens (tertiary/aromatic N) is 2. The van der Waals surface area contributed by atoms with Crippen LogP contribution < -0.4 is 20.8 Å². The molecule has 10 heteroatoms. The second kappa shape index (κ2) is 8.36. The van der Waals surface area contributed by atoms with Crippen LogP contribution in [-0.4, -0.2) is 46.1 Å². The van der Waals surface area contributed by atoms with Crippen molar-refractivity contribution in [3.8, 4) is 11.5 Å². The van der Waals surface area contributed by atoms with Gasteiger partial charge in [-0.25, -0.2) is 0 Å². The number of nitrogens with one attached hydrogen (secondary N) is 1. The predicted octanol–water partition coefficient (Wildman–Crippen LogP) is 2.17. The van der Waals surface area contributed by atoms with Gasteiger partial charge in [-0.1, -0.05) is 6.07 Å². The molecule has 0 aliphatic carbocycles. The predicted molar refractivity (Wildman–Crippen MR) is 123 cm³/mol. The third-order valence-electron chi connectivity index (χ3n) is 6.19. The number of aromatic amines is 1. The maximum Gasteiger partial charge on any atom is 0.262 e. The monoisotopic (exact) mass is 466 g/mol. The number of hydrogen-bond donors (Lipinski definition) is 2. The number of nitrogens with two attached hydrogens (primary N) is 1. The summed E-state index contributed by atoms with van der Waals surface area (Å²) >= 11 is 5.45. The molecule has 1 fully saturated rings. The van der Waals surface area contributed by atoms with E-state index in [1.807, 2.05) is 12.1 Å². The number of rotatable bonds is 4. The number of H-pyrrole nitrogens is 1. The number of piperidine rings is 1. The highest BCUT2D eigenvalue weighted by molar-refractivity contribution is 7.71. The van der Waals surface area contributed by atoms with Crippen molar-refractivity contribution in [2.24, 2.45) is 11.7 Å². The van der Waals surface area contributed by atoms with Crippen LogP contribution >= 0.6 is 12.2 Å². The Kier molecular flexibility index (Phi) is 5.37. The van der Waals surface area contributed by atoms with E-state index in [-0.39, 0.29) is 41.4 Å². The van der Waals surface area contributed by atoms with Crippen molar-refractivity contribution in [1.82, 2.24) is 14.5 Å². The summed E-state index contributed by atoms with van der Waals surface area (Å²) in [6, 6.07) is 10.4. The van der Waals surface area contributed by atoms with Gasteiger partial charge in [0.05, 0.1) is 17.4 Å². The van der Waals surface area contributed by atoms with Crippen molar-refractivity contribution < 1.29 is 19.1 Å². The molecule has 0 unspecified atom stereocenters. The van der Waals surface area contributed by atoms with Gasteiger partial charge in [-0.05, 0) is 61.0 Å². The number of hydrogen-bond acceptors (Lipinski definition) is 6. The molecule has 33 heavy (non-hydrogen) atoms. The van der Waals surface area contributed by atoms with Gasteiger partial charge in [-0.3, -0.25) is 19.0 Å². The number of fused-ring (bicyclic) bond motifs is 2. The zero-order chi connectivity index (χ0) is 23.1. The number of carbonyl (C=O) groups excluding carboxylic acids is 2. The Morgan fingerprint density at radius 2 is 1.85 bits per heavy atom. The number of likely N-dealkylation sites (tertiary alicyclic amines) is 1. The highest BCUT2D eigenvalue weighted by Gasteiger charge is 2.26. The number of benzene rings is 2. The maximum atomic E-state index is 13.2. The lowest BCUT2D eigenvalue weighted by Gasteiger charge is -2.30. The molecule has 0 bridgehead atoms. The van der Waals surface area contributed by atoms with E-state index in [1.165, 1.54) is 4.57 Å². The topological polar surface area (TPSA) is 120 Å². The Labute approximate surface area is 193 Å². The molecule has 2 amide bonds. The van der Waals surface area contributed by atoms with E-state index >= 15 is 0 Å². The summed E-state index contributed by atoms with van der Waals surface area (Å²) in [5.41, 5.74) is 6.95. The van der Waals surface area contributed by atoms with Gasteiger partial charge in [0.1, 0.15) is 0 Å². The van der Waals surface area contributed by atoms with E-state index < -0.39 is 0 Å². The molecular weight excluding hydrogens is 444 g/mol. The number of carbonyl (C=O) groups is 2. The van der Waals surface area contributed by atoms with Crippen molar-refractivity contribution >= 4 is 34.9 Å². The second-order valence-corrected chi connectivity index (χ2v) is 8.62. The average molecular weight is 467 g/mol. The molecule has 2 aromatic carbocycles. The van der Waals surface area contributed by atoms with Gasteiger partial charge in [0.2, 0.25) is 12.7 Å². The summed E-state index contributed by atoms with van der Waals surface area (Å²) < 4.78 is 12.5. The first-order valence-corrected chi connectivity index (χ1v) is 11.1. The molecule has 0 spiro atoms. The van der Waals surface area contributed by atoms with Crippen LogP contribution in [0.1, 0.15) is 28.8 Å². The van der Waals surface area contributed by atoms with Crippen LogP contribution in [0.3, 0.4) is 0 Å². The fraction of sp³-hybridized carbons (Fsp3) is 0.304. The summed E-state index contributed by atoms with van der Waals surface area (Å²) in [5, 5.41) is 0.438. The fourth-order valence-corrected chi connectivity index (χ4v) is 4.56. The van der Waals surface area contributed by atoms with Crippen molar-refractivity contribution in [2.45, 2.75) is 19.4 Å². The van der Waals surface area contributed by atoms with Gasteiger partial charge in [0.15, 0.2) is 16.3 Å². The first-order chi connectivity index (χ1) is 15.9. The first-order valence-electron chi connectivity index (χ1n) is 10.6. The van der Waals surface area contributed by atoms with Crippen molar-refractivity contribution in [3.05, 3.63) is 62.6 Å². The molecule has 3 heterocycles. The van der Waals surface area contributed by atoms with Crippen LogP contribution in [0.25, 0.3) is 10.9 Å². The Morgan fingerprint density at radius 3 is 2.61 bits per heavy atom. The quantitative estimate of drug-likeness (QED) is 0.569. The zero-order valence-corrected chi connectivity index (χ0v) is 18.5. The SMILES string of the molecule is NC(=O)C1CCN(C(=O)c2ccc3c(=O)n(Cc4ccc5c(c4)OCO5)c(=S)[nH]c3c2)CC1. The van der Waals surface area contributed by atoms with Gasteiger partial charge in [-0.2, -0.15) is 0 Å². The lowest BCUT2D eigenvalue weighted by Crippen LogP contribution is -2.41. The van der Waals surface area contributed by atoms with Gasteiger partial charge in [0.25, 0.3) is 11.5 Å². The van der Waals surface area contributed by atoms with Crippen LogP contribution in [0.15, 0.2) is 41.2 Å². The Morgan fingerprint density at radius 1 is 1.09 bits per heavy atom. The highest BCUT2D eigenvalue weighted by atomic mass is 32.1. The van der Waals surface area contributed by atoms with Gasteiger partial charge < -0.3 is 25.1 Å². The second-order valence-electron chi connectivity index (χ2n) is 8.24. The number of amides is 2. The molecule has 3 N–H and O–H groups in total. The fourth-order valence-electron chi connectivity index (χ4n) is 4.30. The molecule has 170 valence electrons. The van der Waals surface area contributed by atoms with Crippen molar-refractivity contribution in [3.63, 3.8) is 0 Å². The number of ether oxygens (including phenoxy) is 2. The Balaban J connectivity index is 1.41. The summed E-state index contributed by atoms with van der Waals surface area (Å²) in [4.78, 5) is 42.3. The van der Waals surface area contributed by atoms with E-state index in [4.69, 9.17) is 27.4 Å². The van der Waals surface area contributed by atoms with E-state index in [1.54, 1.807) is 29.2 Å². The van der Waals surface area contributed by atoms with Crippen LogP contribution in [-0.2, 0) is 11.3 Å². The minimum absolute atomic E-state index is 0.149. The van der Waals surface area contributed by atoms with Crippen LogP contribution in [0.2, 0.25) is 0 Å². The Bertz CT molecular complexity index is 1390. The van der Waals surface area contributed by atoms with Crippen molar-refractivity contribution in [2.75, 3.05) is 19.9 Å². The van der Waals surface area contributed by atoms with E-state index in [0.717, 1.165) is 5.56 Å². The third kappa shape index (κ3) is 3.97. The van der Waals surface area contributed by atoms with E-state index in [9.17, 15) is 14.4 Å². The number of aromatic nitrogens is 2. The zero-order valence-electron chi connectivity index (χ0n) is 17.7. The lowest BCUT2D eigenvalue weighted by atomic mass is 9.96. The van der Waals surface area contributed by atoms with E-state index in [2.05, 4.69) is 4.98 Å². The molecule has 1 aromatic heterocycles. The standard InChI is InChI=1S/C23H22N4O5S/c24-20(28)14-5-7-26(8-6-14)21(29)15-2-3-16-17(10-15)25-23(33)27(22(16)30)11-13-1-4-18-19(9-13)32-12-31-18/h1-4,9-10,14H,5-8,11-12H2,(H2,24,28)(H,25,33). The molecule has 9 nitrogen and oxygen atoms in total. The summed E-state index contributed by atoms with van der Waals surface area (Å²) in [5.74, 6) is 0.649. The highest BCUT2D eigenvalue weighted by Crippen LogP contribution is 2.32. The largest absolute Gasteiger partial charge is 0.454 e. The summed E-state index contributed by atoms with van der Waals surface area (Å²) in [6.45, 7) is 1.39. The van der Waals surface area contributed by atoms with E-state index in [0.29, 0.717) is 53.9 Å². The smallest absolute Gasteiger partial charge is 0.262 e. The molecule has 0 saturated carbocycles. The third-order valence-corrected chi connectivity index (χ3v) is 6.51. The molecule has 0 radical (unpaired) electrons. The van der Waals surface area contributed by atoms with Gasteiger partial charge in [-0.15, -0.1) is 0 Å². The molecule has 2 aliphatic rings. The molecule has 5 rings (SSSR count). The Hall–Kier alpha value is -3.66. The molecule has 0 atom stereocenters. The number of primary amides is 1. The van der Waals surface area contributed by atoms with Crippen LogP contribution in [0, 0.1) is 10.7 Å². The van der Waals surface area contributed by atoms with Gasteiger partial charge >= 0.3 is 0 Å². The minimum atomic E-state index is -0.322. The molecular formula is C23H22N4O5S.